The van der Waals surface area contributed by atoms with Gasteiger partial charge in [-0.05, 0) is 30.7 Å². The Morgan fingerprint density at radius 3 is 2.81 bits per heavy atom. The molecule has 1 aromatic heterocycles. The lowest BCUT2D eigenvalue weighted by molar-refractivity contribution is -0.136. The summed E-state index contributed by atoms with van der Waals surface area (Å²) in [4.78, 5) is 22.4. The molecule has 1 aliphatic heterocycles. The second-order valence-corrected chi connectivity index (χ2v) is 7.82. The number of aliphatic hydroxyl groups excluding tert-OH is 2. The average Bonchev–Trinajstić information content (AvgIpc) is 3.17. The maximum absolute atomic E-state index is 12.7. The molecule has 0 spiro atoms. The van der Waals surface area contributed by atoms with E-state index in [1.807, 2.05) is 42.3 Å². The lowest BCUT2D eigenvalue weighted by Gasteiger charge is -2.38. The number of thioether (sulfide) groups is 1. The maximum Gasteiger partial charge on any atom is 0.236 e. The molecule has 1 amide bonds. The summed E-state index contributed by atoms with van der Waals surface area (Å²) in [5.41, 5.74) is 2.68. The first-order valence-electron chi connectivity index (χ1n) is 8.80. The van der Waals surface area contributed by atoms with Crippen LogP contribution in [-0.4, -0.2) is 55.1 Å². The van der Waals surface area contributed by atoms with E-state index in [0.717, 1.165) is 16.8 Å². The van der Waals surface area contributed by atoms with E-state index in [-0.39, 0.29) is 23.8 Å². The largest absolute Gasteiger partial charge is 0.393 e. The van der Waals surface area contributed by atoms with Gasteiger partial charge >= 0.3 is 0 Å². The first-order valence-corrected chi connectivity index (χ1v) is 10.1. The molecule has 0 bridgehead atoms. The summed E-state index contributed by atoms with van der Waals surface area (Å²) in [5.74, 6) is 0.784. The number of hydrogen-bond acceptors (Lipinski definition) is 5. The highest BCUT2D eigenvalue weighted by Gasteiger charge is 2.35. The number of aromatic amines is 1. The quantitative estimate of drug-likeness (QED) is 0.746. The Kier molecular flexibility index (Phi) is 6.01. The van der Waals surface area contributed by atoms with Crippen molar-refractivity contribution in [2.75, 3.05) is 12.8 Å². The van der Waals surface area contributed by atoms with Crippen molar-refractivity contribution in [3.05, 3.63) is 41.9 Å². The molecular formula is C19H25N3O3S. The number of hydrogen-bond donors (Lipinski definition) is 3. The highest BCUT2D eigenvalue weighted by atomic mass is 32.2. The van der Waals surface area contributed by atoms with E-state index < -0.39 is 6.10 Å². The van der Waals surface area contributed by atoms with Crippen LogP contribution in [0.15, 0.2) is 30.5 Å². The van der Waals surface area contributed by atoms with Gasteiger partial charge in [-0.2, -0.15) is 11.8 Å². The van der Waals surface area contributed by atoms with Gasteiger partial charge < -0.3 is 20.1 Å². The van der Waals surface area contributed by atoms with Gasteiger partial charge in [0.25, 0.3) is 0 Å². The van der Waals surface area contributed by atoms with Gasteiger partial charge in [0.15, 0.2) is 0 Å². The Labute approximate surface area is 157 Å². The molecule has 3 N–H and O–H groups in total. The van der Waals surface area contributed by atoms with Crippen molar-refractivity contribution in [1.82, 2.24) is 14.9 Å². The number of carbonyl (C=O) groups excluding carboxylic acids is 1. The molecule has 1 aromatic carbocycles. The summed E-state index contributed by atoms with van der Waals surface area (Å²) in [7, 11) is 0. The third-order valence-corrected chi connectivity index (χ3v) is 5.83. The van der Waals surface area contributed by atoms with Crippen LogP contribution in [0.3, 0.4) is 0 Å². The number of carbonyl (C=O) groups is 1. The topological polar surface area (TPSA) is 89.5 Å². The molecule has 3 unspecified atom stereocenters. The minimum atomic E-state index is -0.425. The summed E-state index contributed by atoms with van der Waals surface area (Å²) >= 11 is 1.53. The van der Waals surface area contributed by atoms with Crippen molar-refractivity contribution >= 4 is 17.7 Å². The number of nitrogens with zero attached hydrogens (tertiary/aromatic N) is 2. The Morgan fingerprint density at radius 2 is 2.15 bits per heavy atom. The standard InChI is InChI=1S/C19H25N3O3S/c1-12(26-2)19(25)22-8-7-15(24)9-17(22)18-20-10-16(21-18)14-5-3-13(11-23)4-6-14/h3-6,10,12,15,17,23-24H,7-9,11H2,1-2H3,(H,20,21). The number of amides is 1. The van der Waals surface area contributed by atoms with E-state index in [0.29, 0.717) is 25.2 Å². The number of H-pyrrole nitrogens is 1. The Morgan fingerprint density at radius 1 is 1.42 bits per heavy atom. The number of benzene rings is 1. The SMILES string of the molecule is CSC(C)C(=O)N1CCC(O)CC1c1ncc(-c2ccc(CO)cc2)[nH]1. The molecule has 2 heterocycles. The van der Waals surface area contributed by atoms with Crippen LogP contribution in [0.1, 0.15) is 37.2 Å². The molecule has 1 saturated heterocycles. The lowest BCUT2D eigenvalue weighted by Crippen LogP contribution is -2.45. The molecule has 26 heavy (non-hydrogen) atoms. The zero-order chi connectivity index (χ0) is 18.7. The fourth-order valence-corrected chi connectivity index (χ4v) is 3.58. The van der Waals surface area contributed by atoms with E-state index in [4.69, 9.17) is 5.11 Å². The van der Waals surface area contributed by atoms with Crippen LogP contribution < -0.4 is 0 Å². The molecule has 3 rings (SSSR count). The molecule has 0 aliphatic carbocycles. The van der Waals surface area contributed by atoms with Gasteiger partial charge in [-0.15, -0.1) is 0 Å². The minimum absolute atomic E-state index is 0.0131. The molecular weight excluding hydrogens is 350 g/mol. The molecule has 3 atom stereocenters. The predicted molar refractivity (Wildman–Crippen MR) is 103 cm³/mol. The first kappa shape index (κ1) is 18.9. The average molecular weight is 375 g/mol. The van der Waals surface area contributed by atoms with Gasteiger partial charge in [-0.3, -0.25) is 4.79 Å². The summed E-state index contributed by atoms with van der Waals surface area (Å²) in [5, 5.41) is 19.2. The monoisotopic (exact) mass is 375 g/mol. The zero-order valence-electron chi connectivity index (χ0n) is 15.1. The normalized spacial score (nSPS) is 21.6. The van der Waals surface area contributed by atoms with Crippen molar-refractivity contribution < 1.29 is 15.0 Å². The van der Waals surface area contributed by atoms with Crippen LogP contribution >= 0.6 is 11.8 Å². The van der Waals surface area contributed by atoms with Crippen LogP contribution in [0.25, 0.3) is 11.3 Å². The van der Waals surface area contributed by atoms with Crippen molar-refractivity contribution in [3.63, 3.8) is 0 Å². The van der Waals surface area contributed by atoms with Gasteiger partial charge in [0.2, 0.25) is 5.91 Å². The first-order chi connectivity index (χ1) is 12.5. The zero-order valence-corrected chi connectivity index (χ0v) is 15.9. The van der Waals surface area contributed by atoms with E-state index in [1.165, 1.54) is 11.8 Å². The van der Waals surface area contributed by atoms with Crippen LogP contribution in [0.4, 0.5) is 0 Å². The fourth-order valence-electron chi connectivity index (χ4n) is 3.25. The highest BCUT2D eigenvalue weighted by Crippen LogP contribution is 2.32. The van der Waals surface area contributed by atoms with Gasteiger partial charge in [-0.1, -0.05) is 24.3 Å². The molecule has 140 valence electrons. The van der Waals surface area contributed by atoms with Gasteiger partial charge in [-0.25, -0.2) is 4.98 Å². The van der Waals surface area contributed by atoms with Crippen molar-refractivity contribution in [2.24, 2.45) is 0 Å². The summed E-state index contributed by atoms with van der Waals surface area (Å²) in [6, 6.07) is 7.35. The predicted octanol–water partition coefficient (Wildman–Crippen LogP) is 2.34. The molecule has 1 fully saturated rings. The second-order valence-electron chi connectivity index (χ2n) is 6.64. The molecule has 0 radical (unpaired) electrons. The summed E-state index contributed by atoms with van der Waals surface area (Å²) in [6.07, 6.45) is 4.34. The van der Waals surface area contributed by atoms with Gasteiger partial charge in [0, 0.05) is 13.0 Å². The van der Waals surface area contributed by atoms with Crippen molar-refractivity contribution in [2.45, 2.75) is 43.8 Å². The van der Waals surface area contributed by atoms with Crippen molar-refractivity contribution in [1.29, 1.82) is 0 Å². The van der Waals surface area contributed by atoms with E-state index >= 15 is 0 Å². The molecule has 0 saturated carbocycles. The molecule has 6 nitrogen and oxygen atoms in total. The maximum atomic E-state index is 12.7. The third-order valence-electron chi connectivity index (χ3n) is 4.92. The number of imidazole rings is 1. The molecule has 2 aromatic rings. The van der Waals surface area contributed by atoms with Crippen LogP contribution in [-0.2, 0) is 11.4 Å². The number of likely N-dealkylation sites (tertiary alicyclic amines) is 1. The van der Waals surface area contributed by atoms with Crippen molar-refractivity contribution in [3.8, 4) is 11.3 Å². The number of piperidine rings is 1. The second kappa shape index (κ2) is 8.24. The summed E-state index contributed by atoms with van der Waals surface area (Å²) < 4.78 is 0. The number of nitrogens with one attached hydrogen (secondary N) is 1. The van der Waals surface area contributed by atoms with Crippen LogP contribution in [0.5, 0.6) is 0 Å². The molecule has 7 heteroatoms. The van der Waals surface area contributed by atoms with Crippen LogP contribution in [0, 0.1) is 0 Å². The Balaban J connectivity index is 1.85. The number of rotatable bonds is 5. The van der Waals surface area contributed by atoms with E-state index in [1.54, 1.807) is 6.20 Å². The Bertz CT molecular complexity index is 747. The third kappa shape index (κ3) is 3.95. The lowest BCUT2D eigenvalue weighted by atomic mass is 9.98. The summed E-state index contributed by atoms with van der Waals surface area (Å²) in [6.45, 7) is 2.46. The number of aliphatic hydroxyl groups is 2. The van der Waals surface area contributed by atoms with Crippen LogP contribution in [0.2, 0.25) is 0 Å². The van der Waals surface area contributed by atoms with Gasteiger partial charge in [0.1, 0.15) is 5.82 Å². The van der Waals surface area contributed by atoms with Gasteiger partial charge in [0.05, 0.1) is 35.9 Å². The van der Waals surface area contributed by atoms with E-state index in [2.05, 4.69) is 9.97 Å². The fraction of sp³-hybridized carbons (Fsp3) is 0.474. The minimum Gasteiger partial charge on any atom is -0.393 e. The highest BCUT2D eigenvalue weighted by molar-refractivity contribution is 7.99. The Hall–Kier alpha value is -1.83. The molecule has 1 aliphatic rings. The number of aromatic nitrogens is 2. The smallest absolute Gasteiger partial charge is 0.236 e. The van der Waals surface area contributed by atoms with E-state index in [9.17, 15) is 9.90 Å².